The molecule has 4 nitrogen and oxygen atoms in total. The van der Waals surface area contributed by atoms with Crippen molar-refractivity contribution >= 4 is 5.91 Å². The maximum absolute atomic E-state index is 11.9. The Bertz CT molecular complexity index is 208. The summed E-state index contributed by atoms with van der Waals surface area (Å²) in [5.74, 6) is 0.248. The summed E-state index contributed by atoms with van der Waals surface area (Å²) in [6.45, 7) is 1.77. The fourth-order valence-corrected chi connectivity index (χ4v) is 2.30. The fourth-order valence-electron chi connectivity index (χ4n) is 2.30. The number of carbonyl (C=O) groups excluding carboxylic acids is 1. The first kappa shape index (κ1) is 13.5. The van der Waals surface area contributed by atoms with E-state index < -0.39 is 0 Å². The molecule has 1 N–H and O–H groups in total. The lowest BCUT2D eigenvalue weighted by Crippen LogP contribution is -2.35. The summed E-state index contributed by atoms with van der Waals surface area (Å²) in [5.41, 5.74) is 0. The molecule has 1 aliphatic rings. The first-order chi connectivity index (χ1) is 7.79. The van der Waals surface area contributed by atoms with Crippen LogP contribution in [0.2, 0.25) is 0 Å². The number of hydrogen-bond acceptors (Lipinski definition) is 3. The molecule has 1 aliphatic heterocycles. The smallest absolute Gasteiger partial charge is 0.222 e. The number of aliphatic hydroxyl groups is 1. The quantitative estimate of drug-likeness (QED) is 0.667. The molecule has 1 fully saturated rings. The predicted octanol–water partition coefficient (Wildman–Crippen LogP) is 1.18. The van der Waals surface area contributed by atoms with Gasteiger partial charge >= 0.3 is 0 Å². The molecule has 0 aliphatic carbocycles. The van der Waals surface area contributed by atoms with Crippen LogP contribution in [0.3, 0.4) is 0 Å². The highest BCUT2D eigenvalue weighted by atomic mass is 16.5. The van der Waals surface area contributed by atoms with E-state index in [0.717, 1.165) is 38.6 Å². The highest BCUT2D eigenvalue weighted by molar-refractivity contribution is 5.76. The Balaban J connectivity index is 2.29. The van der Waals surface area contributed by atoms with Crippen molar-refractivity contribution in [1.82, 2.24) is 4.90 Å². The van der Waals surface area contributed by atoms with Crippen molar-refractivity contribution < 1.29 is 14.6 Å². The number of methoxy groups -OCH3 is 1. The van der Waals surface area contributed by atoms with E-state index in [4.69, 9.17) is 9.84 Å². The minimum atomic E-state index is 0.224. The van der Waals surface area contributed by atoms with Gasteiger partial charge in [0.2, 0.25) is 5.91 Å². The Morgan fingerprint density at radius 2 is 2.31 bits per heavy atom. The van der Waals surface area contributed by atoms with Crippen LogP contribution in [0, 0.1) is 0 Å². The van der Waals surface area contributed by atoms with Crippen molar-refractivity contribution in [2.75, 3.05) is 26.9 Å². The second-order valence-electron chi connectivity index (χ2n) is 4.35. The molecular weight excluding hydrogens is 206 g/mol. The molecule has 16 heavy (non-hydrogen) atoms. The van der Waals surface area contributed by atoms with Gasteiger partial charge in [-0.25, -0.2) is 0 Å². The number of nitrogens with zero attached hydrogens (tertiary/aromatic N) is 1. The average Bonchev–Trinajstić information content (AvgIpc) is 2.74. The molecule has 1 atom stereocenters. The van der Waals surface area contributed by atoms with Gasteiger partial charge in [0.15, 0.2) is 0 Å². The summed E-state index contributed by atoms with van der Waals surface area (Å²) in [6, 6.07) is 0.363. The number of carbonyl (C=O) groups is 1. The van der Waals surface area contributed by atoms with Gasteiger partial charge in [-0.2, -0.15) is 0 Å². The first-order valence-electron chi connectivity index (χ1n) is 6.19. The third-order valence-electron chi connectivity index (χ3n) is 3.13. The van der Waals surface area contributed by atoms with Gasteiger partial charge in [-0.05, 0) is 32.1 Å². The molecule has 0 saturated carbocycles. The van der Waals surface area contributed by atoms with Gasteiger partial charge in [-0.3, -0.25) is 4.79 Å². The van der Waals surface area contributed by atoms with Crippen LogP contribution in [0.5, 0.6) is 0 Å². The minimum Gasteiger partial charge on any atom is -0.396 e. The maximum atomic E-state index is 11.9. The summed E-state index contributed by atoms with van der Waals surface area (Å²) >= 11 is 0. The van der Waals surface area contributed by atoms with E-state index >= 15 is 0 Å². The van der Waals surface area contributed by atoms with Crippen LogP contribution in [0.4, 0.5) is 0 Å². The van der Waals surface area contributed by atoms with Gasteiger partial charge in [0.1, 0.15) is 0 Å². The van der Waals surface area contributed by atoms with E-state index in [2.05, 4.69) is 0 Å². The lowest BCUT2D eigenvalue weighted by Gasteiger charge is -2.24. The Hall–Kier alpha value is -0.610. The molecule has 94 valence electrons. The first-order valence-corrected chi connectivity index (χ1v) is 6.19. The minimum absolute atomic E-state index is 0.224. The monoisotopic (exact) mass is 229 g/mol. The maximum Gasteiger partial charge on any atom is 0.222 e. The lowest BCUT2D eigenvalue weighted by molar-refractivity contribution is -0.132. The van der Waals surface area contributed by atoms with Gasteiger partial charge in [0, 0.05) is 39.3 Å². The Morgan fingerprint density at radius 3 is 3.00 bits per heavy atom. The summed E-state index contributed by atoms with van der Waals surface area (Å²) in [6.07, 6.45) is 5.32. The molecular formula is C12H23NO3. The van der Waals surface area contributed by atoms with E-state index in [1.165, 1.54) is 0 Å². The van der Waals surface area contributed by atoms with Crippen molar-refractivity contribution in [3.8, 4) is 0 Å². The van der Waals surface area contributed by atoms with E-state index in [1.54, 1.807) is 7.11 Å². The zero-order valence-electron chi connectivity index (χ0n) is 10.2. The lowest BCUT2D eigenvalue weighted by atomic mass is 10.1. The van der Waals surface area contributed by atoms with Crippen LogP contribution in [-0.4, -0.2) is 48.8 Å². The molecule has 1 rings (SSSR count). The second kappa shape index (κ2) is 7.63. The van der Waals surface area contributed by atoms with Crippen LogP contribution in [0.25, 0.3) is 0 Å². The molecule has 1 unspecified atom stereocenters. The average molecular weight is 229 g/mol. The molecule has 1 amide bonds. The third kappa shape index (κ3) is 4.10. The number of hydrogen-bond donors (Lipinski definition) is 1. The molecule has 1 saturated heterocycles. The number of rotatable bonds is 7. The zero-order valence-corrected chi connectivity index (χ0v) is 10.2. The van der Waals surface area contributed by atoms with Crippen LogP contribution >= 0.6 is 0 Å². The summed E-state index contributed by atoms with van der Waals surface area (Å²) in [5, 5.41) is 8.80. The van der Waals surface area contributed by atoms with Crippen molar-refractivity contribution in [3.05, 3.63) is 0 Å². The van der Waals surface area contributed by atoms with Crippen LogP contribution in [0.1, 0.15) is 38.5 Å². The SMILES string of the molecule is COCCCC(=O)N1CCCC1CCCO. The molecule has 0 radical (unpaired) electrons. The molecule has 0 spiro atoms. The van der Waals surface area contributed by atoms with Gasteiger partial charge in [0.25, 0.3) is 0 Å². The number of aliphatic hydroxyl groups excluding tert-OH is 1. The third-order valence-corrected chi connectivity index (χ3v) is 3.13. The normalized spacial score (nSPS) is 20.4. The van der Waals surface area contributed by atoms with Gasteiger partial charge in [-0.15, -0.1) is 0 Å². The predicted molar refractivity (Wildman–Crippen MR) is 62.2 cm³/mol. The van der Waals surface area contributed by atoms with Gasteiger partial charge in [-0.1, -0.05) is 0 Å². The summed E-state index contributed by atoms with van der Waals surface area (Å²) < 4.78 is 4.94. The Labute approximate surface area is 97.6 Å². The molecule has 0 bridgehead atoms. The van der Waals surface area contributed by atoms with Crippen molar-refractivity contribution in [3.63, 3.8) is 0 Å². The molecule has 1 heterocycles. The van der Waals surface area contributed by atoms with Crippen LogP contribution in [0.15, 0.2) is 0 Å². The fraction of sp³-hybridized carbons (Fsp3) is 0.917. The topological polar surface area (TPSA) is 49.8 Å². The molecule has 4 heteroatoms. The van der Waals surface area contributed by atoms with Crippen molar-refractivity contribution in [1.29, 1.82) is 0 Å². The Kier molecular flexibility index (Phi) is 6.42. The molecule has 0 aromatic rings. The van der Waals surface area contributed by atoms with E-state index in [-0.39, 0.29) is 12.5 Å². The largest absolute Gasteiger partial charge is 0.396 e. The highest BCUT2D eigenvalue weighted by Gasteiger charge is 2.27. The van der Waals surface area contributed by atoms with Crippen LogP contribution in [-0.2, 0) is 9.53 Å². The number of ether oxygens (including phenoxy) is 1. The van der Waals surface area contributed by atoms with E-state index in [0.29, 0.717) is 19.1 Å². The van der Waals surface area contributed by atoms with Crippen molar-refractivity contribution in [2.24, 2.45) is 0 Å². The van der Waals surface area contributed by atoms with Gasteiger partial charge < -0.3 is 14.7 Å². The highest BCUT2D eigenvalue weighted by Crippen LogP contribution is 2.22. The standard InChI is InChI=1S/C12H23NO3/c1-16-10-4-7-12(15)13-8-2-5-11(13)6-3-9-14/h11,14H,2-10H2,1H3. The molecule has 0 aromatic carbocycles. The molecule has 0 aromatic heterocycles. The van der Waals surface area contributed by atoms with E-state index in [1.807, 2.05) is 4.90 Å². The van der Waals surface area contributed by atoms with Crippen molar-refractivity contribution in [2.45, 2.75) is 44.6 Å². The summed E-state index contributed by atoms with van der Waals surface area (Å²) in [7, 11) is 1.66. The Morgan fingerprint density at radius 1 is 1.50 bits per heavy atom. The number of likely N-dealkylation sites (tertiary alicyclic amines) is 1. The van der Waals surface area contributed by atoms with Crippen LogP contribution < -0.4 is 0 Å². The van der Waals surface area contributed by atoms with Gasteiger partial charge in [0.05, 0.1) is 0 Å². The number of amides is 1. The second-order valence-corrected chi connectivity index (χ2v) is 4.35. The summed E-state index contributed by atoms with van der Waals surface area (Å²) in [4.78, 5) is 13.9. The van der Waals surface area contributed by atoms with E-state index in [9.17, 15) is 4.79 Å². The zero-order chi connectivity index (χ0) is 11.8.